The molecule has 0 aliphatic heterocycles. The molecule has 0 fully saturated rings. The fourth-order valence-electron chi connectivity index (χ4n) is 3.14. The van der Waals surface area contributed by atoms with Crippen LogP contribution in [0.2, 0.25) is 0 Å². The Kier molecular flexibility index (Phi) is 7.64. The van der Waals surface area contributed by atoms with Crippen molar-refractivity contribution in [1.29, 1.82) is 0 Å². The minimum Gasteiger partial charge on any atom is -0.469 e. The van der Waals surface area contributed by atoms with Gasteiger partial charge in [-0.3, -0.25) is 4.79 Å². The molecule has 0 aromatic rings. The van der Waals surface area contributed by atoms with Gasteiger partial charge in [0.15, 0.2) is 0 Å². The van der Waals surface area contributed by atoms with Gasteiger partial charge in [0.05, 0.1) is 25.7 Å². The van der Waals surface area contributed by atoms with Gasteiger partial charge in [-0.1, -0.05) is 50.5 Å². The zero-order valence-electron chi connectivity index (χ0n) is 16.0. The lowest BCUT2D eigenvalue weighted by molar-refractivity contribution is -0.139. The van der Waals surface area contributed by atoms with E-state index in [0.717, 1.165) is 29.5 Å². The van der Waals surface area contributed by atoms with Crippen LogP contribution in [0.15, 0.2) is 30.3 Å². The number of ether oxygens (including phenoxy) is 2. The first-order valence-electron chi connectivity index (χ1n) is 9.39. The van der Waals surface area contributed by atoms with Crippen molar-refractivity contribution >= 4 is 11.9 Å². The van der Waals surface area contributed by atoms with E-state index in [9.17, 15) is 9.59 Å². The maximum atomic E-state index is 12.4. The number of hydrogen-bond donors (Lipinski definition) is 0. The van der Waals surface area contributed by atoms with Crippen LogP contribution >= 0.6 is 0 Å². The van der Waals surface area contributed by atoms with Gasteiger partial charge in [0.2, 0.25) is 0 Å². The lowest BCUT2D eigenvalue weighted by Gasteiger charge is -2.02. The number of aryl methyl sites for hydroxylation is 1. The predicted octanol–water partition coefficient (Wildman–Crippen LogP) is 4.81. The zero-order chi connectivity index (χ0) is 18.9. The molecule has 4 nitrogen and oxygen atoms in total. The summed E-state index contributed by atoms with van der Waals surface area (Å²) < 4.78 is 9.97. The van der Waals surface area contributed by atoms with Gasteiger partial charge in [0.25, 0.3) is 0 Å². The highest BCUT2D eigenvalue weighted by molar-refractivity contribution is 6.00. The molecule has 4 heteroatoms. The maximum absolute atomic E-state index is 12.4. The molecule has 140 valence electrons. The van der Waals surface area contributed by atoms with Crippen LogP contribution in [0.4, 0.5) is 0 Å². The number of methoxy groups -OCH3 is 1. The molecule has 0 aromatic carbocycles. The Hall–Kier alpha value is -2.36. The fourth-order valence-corrected chi connectivity index (χ4v) is 3.14. The van der Waals surface area contributed by atoms with Crippen molar-refractivity contribution < 1.29 is 19.1 Å². The van der Waals surface area contributed by atoms with E-state index in [4.69, 9.17) is 9.47 Å². The third-order valence-corrected chi connectivity index (χ3v) is 4.54. The second-order valence-corrected chi connectivity index (χ2v) is 6.44. The quantitative estimate of drug-likeness (QED) is 0.478. The highest BCUT2D eigenvalue weighted by atomic mass is 16.5. The van der Waals surface area contributed by atoms with Crippen molar-refractivity contribution in [3.63, 3.8) is 0 Å². The molecule has 0 saturated carbocycles. The molecule has 0 saturated heterocycles. The van der Waals surface area contributed by atoms with Crippen LogP contribution < -0.4 is 0 Å². The number of carbonyl (C=O) groups is 2. The Morgan fingerprint density at radius 2 is 1.69 bits per heavy atom. The number of rotatable bonds is 9. The maximum Gasteiger partial charge on any atom is 0.338 e. The second kappa shape index (κ2) is 9.95. The van der Waals surface area contributed by atoms with Gasteiger partial charge in [-0.25, -0.2) is 4.79 Å². The van der Waals surface area contributed by atoms with Crippen molar-refractivity contribution in [3.8, 4) is 11.1 Å². The van der Waals surface area contributed by atoms with Crippen LogP contribution in [0, 0.1) is 0 Å². The van der Waals surface area contributed by atoms with E-state index in [1.807, 2.05) is 37.3 Å². The van der Waals surface area contributed by atoms with Gasteiger partial charge in [0, 0.05) is 0 Å². The zero-order valence-corrected chi connectivity index (χ0v) is 16.0. The molecule has 2 aliphatic rings. The molecule has 26 heavy (non-hydrogen) atoms. The van der Waals surface area contributed by atoms with Crippen LogP contribution in [-0.2, 0) is 27.1 Å². The average Bonchev–Trinajstić information content (AvgIpc) is 2.85. The molecule has 0 heterocycles. The molecular formula is C22H28O4. The first kappa shape index (κ1) is 20.0. The van der Waals surface area contributed by atoms with Crippen molar-refractivity contribution in [2.24, 2.45) is 0 Å². The van der Waals surface area contributed by atoms with Crippen LogP contribution in [0.5, 0.6) is 0 Å². The van der Waals surface area contributed by atoms with Crippen molar-refractivity contribution in [2.75, 3.05) is 13.7 Å². The summed E-state index contributed by atoms with van der Waals surface area (Å²) in [5.41, 5.74) is 4.57. The van der Waals surface area contributed by atoms with E-state index >= 15 is 0 Å². The predicted molar refractivity (Wildman–Crippen MR) is 103 cm³/mol. The summed E-state index contributed by atoms with van der Waals surface area (Å²) in [6, 6.07) is 9.70. The Morgan fingerprint density at radius 3 is 2.35 bits per heavy atom. The molecule has 0 bridgehead atoms. The van der Waals surface area contributed by atoms with Gasteiger partial charge in [0.1, 0.15) is 0 Å². The Bertz CT molecular complexity index is 720. The number of unbranched alkanes of at least 4 members (excludes halogenated alkanes) is 3. The van der Waals surface area contributed by atoms with Crippen molar-refractivity contribution in [1.82, 2.24) is 0 Å². The summed E-state index contributed by atoms with van der Waals surface area (Å²) in [6.07, 6.45) is 5.86. The lowest BCUT2D eigenvalue weighted by Crippen LogP contribution is -2.04. The van der Waals surface area contributed by atoms with E-state index in [2.05, 4.69) is 6.92 Å². The third kappa shape index (κ3) is 5.07. The summed E-state index contributed by atoms with van der Waals surface area (Å²) in [7, 11) is 1.38. The highest BCUT2D eigenvalue weighted by Crippen LogP contribution is 2.34. The molecular weight excluding hydrogens is 328 g/mol. The monoisotopic (exact) mass is 356 g/mol. The third-order valence-electron chi connectivity index (χ3n) is 4.54. The van der Waals surface area contributed by atoms with Crippen LogP contribution in [0.3, 0.4) is 0 Å². The van der Waals surface area contributed by atoms with Crippen molar-refractivity contribution in [3.05, 3.63) is 47.0 Å². The molecule has 2 rings (SSSR count). The van der Waals surface area contributed by atoms with E-state index in [0.29, 0.717) is 12.2 Å². The minimum atomic E-state index is -0.293. The van der Waals surface area contributed by atoms with Crippen LogP contribution in [0.1, 0.15) is 61.0 Å². The minimum absolute atomic E-state index is 0.217. The average molecular weight is 356 g/mol. The van der Waals surface area contributed by atoms with E-state index in [-0.39, 0.29) is 18.4 Å². The molecule has 0 spiro atoms. The number of esters is 2. The first-order chi connectivity index (χ1) is 12.6. The van der Waals surface area contributed by atoms with Crippen LogP contribution in [0.25, 0.3) is 11.1 Å². The second-order valence-electron chi connectivity index (χ2n) is 6.44. The molecule has 0 aromatic heterocycles. The topological polar surface area (TPSA) is 52.6 Å². The molecule has 0 atom stereocenters. The fraction of sp³-hybridized carbons (Fsp3) is 0.455. The summed E-state index contributed by atoms with van der Waals surface area (Å²) in [5, 5.41) is 0. The Labute approximate surface area is 155 Å². The largest absolute Gasteiger partial charge is 0.469 e. The summed E-state index contributed by atoms with van der Waals surface area (Å²) >= 11 is 0. The first-order valence-corrected chi connectivity index (χ1v) is 9.39. The molecule has 0 N–H and O–H groups in total. The Morgan fingerprint density at radius 1 is 0.962 bits per heavy atom. The number of carbonyl (C=O) groups excluding carboxylic acids is 2. The van der Waals surface area contributed by atoms with E-state index in [1.54, 1.807) is 0 Å². The lowest BCUT2D eigenvalue weighted by atomic mass is 10.0. The SMILES string of the molecule is CCCCCCc1cc(C(=O)OCC)c2ccc(CC(=O)OC)ccc1-2. The van der Waals surface area contributed by atoms with Crippen LogP contribution in [-0.4, -0.2) is 25.7 Å². The van der Waals surface area contributed by atoms with E-state index < -0.39 is 0 Å². The normalized spacial score (nSPS) is 10.7. The highest BCUT2D eigenvalue weighted by Gasteiger charge is 2.20. The smallest absolute Gasteiger partial charge is 0.338 e. The number of hydrogen-bond acceptors (Lipinski definition) is 4. The van der Waals surface area contributed by atoms with Gasteiger partial charge < -0.3 is 9.47 Å². The standard InChI is InChI=1S/C22H28O4/c1-4-6-7-8-9-17-15-20(22(24)26-5-2)19-13-11-16(10-12-18(17)19)14-21(23)25-3/h10-13,15H,4-9,14H2,1-3H3. The summed E-state index contributed by atoms with van der Waals surface area (Å²) in [6.45, 7) is 4.35. The molecule has 2 aliphatic carbocycles. The van der Waals surface area contributed by atoms with E-state index in [1.165, 1.54) is 31.9 Å². The molecule has 0 unspecified atom stereocenters. The van der Waals surface area contributed by atoms with Gasteiger partial charge in [-0.15, -0.1) is 0 Å². The summed E-state index contributed by atoms with van der Waals surface area (Å²) in [4.78, 5) is 23.9. The molecule has 0 radical (unpaired) electrons. The van der Waals surface area contributed by atoms with Gasteiger partial charge >= 0.3 is 11.9 Å². The Balaban J connectivity index is 2.36. The van der Waals surface area contributed by atoms with Crippen molar-refractivity contribution in [2.45, 2.75) is 52.4 Å². The van der Waals surface area contributed by atoms with Gasteiger partial charge in [-0.2, -0.15) is 0 Å². The van der Waals surface area contributed by atoms with Gasteiger partial charge in [-0.05, 0) is 48.1 Å². The summed E-state index contributed by atoms with van der Waals surface area (Å²) in [5.74, 6) is -0.570. The number of fused-ring (bicyclic) bond motifs is 1. The molecule has 0 amide bonds.